The van der Waals surface area contributed by atoms with Crippen LogP contribution in [0.5, 0.6) is 5.75 Å². The maximum Gasteiger partial charge on any atom is 0.495 e. The first-order chi connectivity index (χ1) is 13.9. The van der Waals surface area contributed by atoms with Gasteiger partial charge in [0.25, 0.3) is 0 Å². The first kappa shape index (κ1) is 22.9. The van der Waals surface area contributed by atoms with E-state index in [1.807, 2.05) is 18.2 Å². The summed E-state index contributed by atoms with van der Waals surface area (Å²) in [5.74, 6) is 0.780. The van der Waals surface area contributed by atoms with Crippen LogP contribution in [-0.4, -0.2) is 32.2 Å². The van der Waals surface area contributed by atoms with Crippen LogP contribution in [0, 0.1) is 6.92 Å². The van der Waals surface area contributed by atoms with Crippen molar-refractivity contribution in [3.63, 3.8) is 0 Å². The smallest absolute Gasteiger partial charge is 0.467 e. The fraction of sp³-hybridized carbons (Fsp3) is 0.520. The Labute approximate surface area is 182 Å². The van der Waals surface area contributed by atoms with E-state index < -0.39 is 18.3 Å². The van der Waals surface area contributed by atoms with E-state index in [0.29, 0.717) is 0 Å². The van der Waals surface area contributed by atoms with Gasteiger partial charge in [0.2, 0.25) is 0 Å². The van der Waals surface area contributed by atoms with Crippen molar-refractivity contribution in [3.8, 4) is 16.9 Å². The summed E-state index contributed by atoms with van der Waals surface area (Å²) in [6, 6.07) is 12.5. The van der Waals surface area contributed by atoms with Gasteiger partial charge in [-0.15, -0.1) is 0 Å². The van der Waals surface area contributed by atoms with Crippen LogP contribution in [-0.2, 0) is 19.5 Å². The van der Waals surface area contributed by atoms with Crippen LogP contribution in [0.4, 0.5) is 0 Å². The lowest BCUT2D eigenvalue weighted by Crippen LogP contribution is -2.41. The lowest BCUT2D eigenvalue weighted by atomic mass is 9.66. The van der Waals surface area contributed by atoms with E-state index >= 15 is 0 Å². The minimum Gasteiger partial charge on any atom is -0.467 e. The molecule has 2 aromatic carbocycles. The van der Waals surface area contributed by atoms with Crippen molar-refractivity contribution >= 4 is 12.6 Å². The molecule has 30 heavy (non-hydrogen) atoms. The van der Waals surface area contributed by atoms with Crippen LogP contribution in [0.15, 0.2) is 36.4 Å². The van der Waals surface area contributed by atoms with E-state index in [9.17, 15) is 0 Å². The summed E-state index contributed by atoms with van der Waals surface area (Å²) in [7, 11) is 1.17. The number of ether oxygens (including phenoxy) is 2. The summed E-state index contributed by atoms with van der Waals surface area (Å²) in [4.78, 5) is 0. The molecule has 162 valence electrons. The molecule has 1 aliphatic heterocycles. The van der Waals surface area contributed by atoms with Crippen LogP contribution in [0.1, 0.15) is 59.6 Å². The Morgan fingerprint density at radius 3 is 2.10 bits per heavy atom. The normalized spacial score (nSPS) is 18.0. The summed E-state index contributed by atoms with van der Waals surface area (Å²) in [5.41, 5.74) is 4.65. The van der Waals surface area contributed by atoms with Crippen molar-refractivity contribution in [2.45, 2.75) is 72.0 Å². The summed E-state index contributed by atoms with van der Waals surface area (Å²) >= 11 is 0. The third-order valence-corrected chi connectivity index (χ3v) is 6.13. The number of hydrogen-bond acceptors (Lipinski definition) is 4. The number of para-hydroxylation sites is 1. The van der Waals surface area contributed by atoms with Gasteiger partial charge < -0.3 is 18.8 Å². The van der Waals surface area contributed by atoms with E-state index in [2.05, 4.69) is 73.6 Å². The van der Waals surface area contributed by atoms with Crippen molar-refractivity contribution in [1.29, 1.82) is 0 Å². The highest BCUT2D eigenvalue weighted by Gasteiger charge is 2.53. The average Bonchev–Trinajstić information content (AvgIpc) is 2.86. The molecule has 5 heteroatoms. The lowest BCUT2D eigenvalue weighted by Gasteiger charge is -2.32. The predicted octanol–water partition coefficient (Wildman–Crippen LogP) is 5.24. The fourth-order valence-electron chi connectivity index (χ4n) is 3.79. The van der Waals surface area contributed by atoms with Gasteiger partial charge in [-0.05, 0) is 62.7 Å². The van der Waals surface area contributed by atoms with Crippen LogP contribution in [0.2, 0.25) is 0 Å². The van der Waals surface area contributed by atoms with Crippen molar-refractivity contribution < 1.29 is 18.8 Å². The molecule has 1 aliphatic rings. The first-order valence-corrected chi connectivity index (χ1v) is 10.6. The number of rotatable bonds is 5. The molecule has 0 bridgehead atoms. The molecular weight excluding hydrogens is 375 g/mol. The van der Waals surface area contributed by atoms with Gasteiger partial charge in [0.05, 0.1) is 11.2 Å². The van der Waals surface area contributed by atoms with Crippen molar-refractivity contribution in [1.82, 2.24) is 0 Å². The maximum atomic E-state index is 6.52. The van der Waals surface area contributed by atoms with E-state index in [1.54, 1.807) is 7.11 Å². The van der Waals surface area contributed by atoms with Crippen LogP contribution in [0.3, 0.4) is 0 Å². The zero-order chi connectivity index (χ0) is 22.3. The molecule has 0 atom stereocenters. The molecule has 2 aromatic rings. The second-order valence-electron chi connectivity index (χ2n) is 10.2. The van der Waals surface area contributed by atoms with Crippen molar-refractivity contribution in [2.75, 3.05) is 13.9 Å². The highest BCUT2D eigenvalue weighted by Crippen LogP contribution is 2.40. The molecule has 1 heterocycles. The summed E-state index contributed by atoms with van der Waals surface area (Å²) < 4.78 is 24.1. The van der Waals surface area contributed by atoms with Crippen molar-refractivity contribution in [3.05, 3.63) is 47.5 Å². The zero-order valence-electron chi connectivity index (χ0n) is 19.9. The predicted molar refractivity (Wildman–Crippen MR) is 124 cm³/mol. The third-order valence-electron chi connectivity index (χ3n) is 6.13. The second-order valence-corrected chi connectivity index (χ2v) is 10.2. The van der Waals surface area contributed by atoms with E-state index in [0.717, 1.165) is 22.3 Å². The molecule has 4 nitrogen and oxygen atoms in total. The third kappa shape index (κ3) is 4.29. The molecule has 1 fully saturated rings. The maximum absolute atomic E-state index is 6.52. The van der Waals surface area contributed by atoms with Crippen molar-refractivity contribution in [2.24, 2.45) is 0 Å². The van der Waals surface area contributed by atoms with E-state index in [1.165, 1.54) is 11.1 Å². The fourth-order valence-corrected chi connectivity index (χ4v) is 3.79. The second kappa shape index (κ2) is 8.03. The van der Waals surface area contributed by atoms with Gasteiger partial charge in [-0.25, -0.2) is 0 Å². The molecule has 0 radical (unpaired) electrons. The number of benzene rings is 2. The quantitative estimate of drug-likeness (QED) is 0.499. The topological polar surface area (TPSA) is 36.9 Å². The van der Waals surface area contributed by atoms with Gasteiger partial charge in [-0.3, -0.25) is 0 Å². The molecule has 0 aromatic heterocycles. The minimum absolute atomic E-state index is 0.0813. The van der Waals surface area contributed by atoms with Gasteiger partial charge in [-0.1, -0.05) is 56.7 Å². The molecular formula is C25H35BO4. The Hall–Kier alpha value is -1.82. The average molecular weight is 410 g/mol. The van der Waals surface area contributed by atoms with Gasteiger partial charge in [0.1, 0.15) is 5.75 Å². The zero-order valence-corrected chi connectivity index (χ0v) is 19.9. The molecule has 0 unspecified atom stereocenters. The summed E-state index contributed by atoms with van der Waals surface area (Å²) in [5, 5.41) is 0. The molecule has 0 N–H and O–H groups in total. The Bertz CT molecular complexity index is 896. The standard InChI is InChI=1S/C25H35BO4/c1-17-14-19(18-12-10-11-13-21(18)28-16-27-9)22(20(15-17)23(2,3)4)26-29-24(5,6)25(7,8)30-26/h10-15H,16H2,1-9H3. The Kier molecular flexibility index (Phi) is 6.12. The van der Waals surface area contributed by atoms with Crippen LogP contribution >= 0.6 is 0 Å². The Balaban J connectivity index is 2.27. The van der Waals surface area contributed by atoms with Gasteiger partial charge in [0, 0.05) is 12.7 Å². The van der Waals surface area contributed by atoms with Crippen LogP contribution in [0.25, 0.3) is 11.1 Å². The van der Waals surface area contributed by atoms with Gasteiger partial charge >= 0.3 is 7.12 Å². The number of methoxy groups -OCH3 is 1. The number of aryl methyl sites for hydroxylation is 1. The highest BCUT2D eigenvalue weighted by molar-refractivity contribution is 6.64. The molecule has 0 aliphatic carbocycles. The van der Waals surface area contributed by atoms with E-state index in [-0.39, 0.29) is 12.2 Å². The Morgan fingerprint density at radius 2 is 1.53 bits per heavy atom. The van der Waals surface area contributed by atoms with E-state index in [4.69, 9.17) is 18.8 Å². The highest BCUT2D eigenvalue weighted by atomic mass is 16.7. The minimum atomic E-state index is -0.463. The van der Waals surface area contributed by atoms with Gasteiger partial charge in [0.15, 0.2) is 6.79 Å². The summed E-state index contributed by atoms with van der Waals surface area (Å²) in [6.07, 6.45) is 0. The Morgan fingerprint density at radius 1 is 0.933 bits per heavy atom. The molecule has 0 saturated carbocycles. The molecule has 3 rings (SSSR count). The largest absolute Gasteiger partial charge is 0.495 e. The first-order valence-electron chi connectivity index (χ1n) is 10.6. The molecule has 0 spiro atoms. The molecule has 1 saturated heterocycles. The van der Waals surface area contributed by atoms with Crippen LogP contribution < -0.4 is 10.2 Å². The monoisotopic (exact) mass is 410 g/mol. The number of hydrogen-bond donors (Lipinski definition) is 0. The molecule has 0 amide bonds. The SMILES string of the molecule is COCOc1ccccc1-c1cc(C)cc(C(C)(C)C)c1B1OC(C)(C)C(C)(C)O1. The lowest BCUT2D eigenvalue weighted by molar-refractivity contribution is 0.00578. The van der Waals surface area contributed by atoms with Gasteiger partial charge in [-0.2, -0.15) is 0 Å². The summed E-state index contributed by atoms with van der Waals surface area (Å²) in [6.45, 7) is 17.4.